The van der Waals surface area contributed by atoms with Gasteiger partial charge in [-0.2, -0.15) is 16.9 Å². The molecular weight excluding hydrogens is 384 g/mol. The number of nitrogens with zero attached hydrogens (tertiary/aromatic N) is 5. The van der Waals surface area contributed by atoms with Gasteiger partial charge in [0.1, 0.15) is 5.69 Å². The molecule has 0 saturated carbocycles. The first-order chi connectivity index (χ1) is 14.2. The van der Waals surface area contributed by atoms with Crippen molar-refractivity contribution in [2.75, 3.05) is 12.0 Å². The van der Waals surface area contributed by atoms with Crippen LogP contribution in [0.15, 0.2) is 60.8 Å². The highest BCUT2D eigenvalue weighted by Gasteiger charge is 2.23. The molecule has 0 fully saturated rings. The molecule has 4 aromatic rings. The van der Waals surface area contributed by atoms with E-state index in [1.807, 2.05) is 71.5 Å². The minimum Gasteiger partial charge on any atom is -0.341 e. The lowest BCUT2D eigenvalue weighted by Gasteiger charge is -2.17. The van der Waals surface area contributed by atoms with E-state index in [1.54, 1.807) is 23.5 Å². The van der Waals surface area contributed by atoms with E-state index >= 15 is 0 Å². The molecule has 1 atom stereocenters. The highest BCUT2D eigenvalue weighted by Crippen LogP contribution is 2.21. The van der Waals surface area contributed by atoms with Crippen LogP contribution >= 0.6 is 11.8 Å². The molecule has 3 aromatic heterocycles. The number of carbonyl (C=O) groups excluding carboxylic acids is 1. The second kappa shape index (κ2) is 8.48. The summed E-state index contributed by atoms with van der Waals surface area (Å²) in [7, 11) is 1.78. The van der Waals surface area contributed by atoms with Crippen LogP contribution in [0.2, 0.25) is 0 Å². The molecule has 0 saturated heterocycles. The van der Waals surface area contributed by atoms with Gasteiger partial charge in [0.25, 0.3) is 5.91 Å². The van der Waals surface area contributed by atoms with Gasteiger partial charge in [-0.3, -0.25) is 13.9 Å². The zero-order valence-electron chi connectivity index (χ0n) is 16.3. The molecule has 0 bridgehead atoms. The average molecular weight is 407 g/mol. The number of rotatable bonds is 7. The smallest absolute Gasteiger partial charge is 0.270 e. The zero-order valence-corrected chi connectivity index (χ0v) is 17.1. The van der Waals surface area contributed by atoms with E-state index in [0.29, 0.717) is 5.69 Å². The Bertz CT molecular complexity index is 1120. The molecular formula is C21H22N6OS. The molecule has 0 spiro atoms. The fourth-order valence-corrected chi connectivity index (χ4v) is 3.73. The number of amides is 1. The Hall–Kier alpha value is -3.13. The minimum absolute atomic E-state index is 0.180. The van der Waals surface area contributed by atoms with Crippen molar-refractivity contribution in [2.45, 2.75) is 12.5 Å². The standard InChI is InChI=1S/C21H22N6OS/c1-26-18(14-17(25-26)15-8-4-3-5-9-15)21(28)22-16(11-13-29-2)20-24-23-19-10-6-7-12-27(19)20/h3-10,12,14,16H,11,13H2,1-2H3,(H,22,28)/t16-/m0/s1. The van der Waals surface area contributed by atoms with Crippen molar-refractivity contribution in [1.82, 2.24) is 29.7 Å². The molecule has 7 nitrogen and oxygen atoms in total. The summed E-state index contributed by atoms with van der Waals surface area (Å²) < 4.78 is 3.54. The Labute approximate surface area is 173 Å². The van der Waals surface area contributed by atoms with Crippen LogP contribution < -0.4 is 5.32 Å². The van der Waals surface area contributed by atoms with Gasteiger partial charge in [-0.25, -0.2) is 0 Å². The van der Waals surface area contributed by atoms with Crippen molar-refractivity contribution in [3.8, 4) is 11.3 Å². The van der Waals surface area contributed by atoms with Gasteiger partial charge in [0.2, 0.25) is 0 Å². The van der Waals surface area contributed by atoms with Gasteiger partial charge in [0.05, 0.1) is 11.7 Å². The SMILES string of the molecule is CSCC[C@H](NC(=O)c1cc(-c2ccccc2)nn1C)c1nnc2ccccn12. The van der Waals surface area contributed by atoms with Gasteiger partial charge >= 0.3 is 0 Å². The fraction of sp³-hybridized carbons (Fsp3) is 0.238. The topological polar surface area (TPSA) is 77.1 Å². The molecule has 0 radical (unpaired) electrons. The van der Waals surface area contributed by atoms with Crippen molar-refractivity contribution in [1.29, 1.82) is 0 Å². The Balaban J connectivity index is 1.61. The molecule has 0 aliphatic heterocycles. The number of aromatic nitrogens is 5. The summed E-state index contributed by atoms with van der Waals surface area (Å²) in [4.78, 5) is 13.1. The number of fused-ring (bicyclic) bond motifs is 1. The molecule has 29 heavy (non-hydrogen) atoms. The maximum Gasteiger partial charge on any atom is 0.270 e. The number of hydrogen-bond donors (Lipinski definition) is 1. The summed E-state index contributed by atoms with van der Waals surface area (Å²) in [6.45, 7) is 0. The van der Waals surface area contributed by atoms with Crippen molar-refractivity contribution in [3.63, 3.8) is 0 Å². The van der Waals surface area contributed by atoms with Crippen LogP contribution in [0.5, 0.6) is 0 Å². The predicted octanol–water partition coefficient (Wildman–Crippen LogP) is 3.35. The average Bonchev–Trinajstić information content (AvgIpc) is 3.35. The monoisotopic (exact) mass is 406 g/mol. The molecule has 1 amide bonds. The van der Waals surface area contributed by atoms with Gasteiger partial charge in [-0.05, 0) is 36.6 Å². The summed E-state index contributed by atoms with van der Waals surface area (Å²) in [6.07, 6.45) is 4.72. The lowest BCUT2D eigenvalue weighted by Crippen LogP contribution is -2.31. The highest BCUT2D eigenvalue weighted by atomic mass is 32.2. The summed E-state index contributed by atoms with van der Waals surface area (Å²) >= 11 is 1.73. The molecule has 1 N–H and O–H groups in total. The van der Waals surface area contributed by atoms with Crippen molar-refractivity contribution in [3.05, 3.63) is 72.3 Å². The zero-order chi connectivity index (χ0) is 20.2. The van der Waals surface area contributed by atoms with E-state index in [-0.39, 0.29) is 11.9 Å². The van der Waals surface area contributed by atoms with Gasteiger partial charge < -0.3 is 5.32 Å². The maximum absolute atomic E-state index is 13.1. The van der Waals surface area contributed by atoms with Gasteiger partial charge in [-0.15, -0.1) is 10.2 Å². The first-order valence-corrected chi connectivity index (χ1v) is 10.8. The van der Waals surface area contributed by atoms with Crippen molar-refractivity contribution >= 4 is 23.3 Å². The lowest BCUT2D eigenvalue weighted by molar-refractivity contribution is 0.0924. The Kier molecular flexibility index (Phi) is 5.62. The third-order valence-electron chi connectivity index (χ3n) is 4.75. The molecule has 0 unspecified atom stereocenters. The van der Waals surface area contributed by atoms with E-state index in [1.165, 1.54) is 0 Å². The van der Waals surface area contributed by atoms with Crippen LogP contribution in [-0.4, -0.2) is 42.3 Å². The van der Waals surface area contributed by atoms with Gasteiger partial charge in [-0.1, -0.05) is 36.4 Å². The number of carbonyl (C=O) groups is 1. The van der Waals surface area contributed by atoms with Crippen LogP contribution in [0.3, 0.4) is 0 Å². The van der Waals surface area contributed by atoms with E-state index in [4.69, 9.17) is 0 Å². The number of hydrogen-bond acceptors (Lipinski definition) is 5. The third kappa shape index (κ3) is 4.02. The quantitative estimate of drug-likeness (QED) is 0.509. The molecule has 4 rings (SSSR count). The molecule has 1 aromatic carbocycles. The highest BCUT2D eigenvalue weighted by molar-refractivity contribution is 7.98. The molecule has 3 heterocycles. The Morgan fingerprint density at radius 2 is 1.93 bits per heavy atom. The summed E-state index contributed by atoms with van der Waals surface area (Å²) in [5.74, 6) is 1.45. The minimum atomic E-state index is -0.248. The largest absolute Gasteiger partial charge is 0.341 e. The van der Waals surface area contributed by atoms with Crippen LogP contribution in [0.25, 0.3) is 16.9 Å². The summed E-state index contributed by atoms with van der Waals surface area (Å²) in [5.41, 5.74) is 3.01. The molecule has 8 heteroatoms. The fourth-order valence-electron chi connectivity index (χ4n) is 3.26. The number of benzene rings is 1. The van der Waals surface area contributed by atoms with Crippen LogP contribution in [-0.2, 0) is 7.05 Å². The van der Waals surface area contributed by atoms with Crippen molar-refractivity contribution < 1.29 is 4.79 Å². The molecule has 0 aliphatic carbocycles. The predicted molar refractivity (Wildman–Crippen MR) is 115 cm³/mol. The summed E-state index contributed by atoms with van der Waals surface area (Å²) in [5, 5.41) is 16.2. The summed E-state index contributed by atoms with van der Waals surface area (Å²) in [6, 6.07) is 17.2. The van der Waals surface area contributed by atoms with Gasteiger partial charge in [0.15, 0.2) is 11.5 Å². The van der Waals surface area contributed by atoms with Crippen molar-refractivity contribution in [2.24, 2.45) is 7.05 Å². The number of aryl methyl sites for hydroxylation is 1. The molecule has 0 aliphatic rings. The third-order valence-corrected chi connectivity index (χ3v) is 5.39. The number of thioether (sulfide) groups is 1. The second-order valence-corrected chi connectivity index (χ2v) is 7.68. The van der Waals surface area contributed by atoms with Gasteiger partial charge in [0, 0.05) is 18.8 Å². The Morgan fingerprint density at radius 1 is 1.14 bits per heavy atom. The Morgan fingerprint density at radius 3 is 2.72 bits per heavy atom. The van der Waals surface area contributed by atoms with E-state index < -0.39 is 0 Å². The normalized spacial score (nSPS) is 12.2. The van der Waals surface area contributed by atoms with Crippen LogP contribution in [0.1, 0.15) is 28.8 Å². The maximum atomic E-state index is 13.1. The second-order valence-electron chi connectivity index (χ2n) is 6.70. The number of nitrogens with one attached hydrogen (secondary N) is 1. The first-order valence-electron chi connectivity index (χ1n) is 9.36. The first kappa shape index (κ1) is 19.2. The van der Waals surface area contributed by atoms with E-state index in [0.717, 1.165) is 34.9 Å². The van der Waals surface area contributed by atoms with Crippen LogP contribution in [0, 0.1) is 0 Å². The van der Waals surface area contributed by atoms with E-state index in [9.17, 15) is 4.79 Å². The van der Waals surface area contributed by atoms with E-state index in [2.05, 4.69) is 20.6 Å². The number of pyridine rings is 1. The lowest BCUT2D eigenvalue weighted by atomic mass is 10.1. The van der Waals surface area contributed by atoms with Crippen LogP contribution in [0.4, 0.5) is 0 Å². The molecule has 148 valence electrons.